The summed E-state index contributed by atoms with van der Waals surface area (Å²) in [7, 11) is 0. The molecule has 2 aliphatic rings. The van der Waals surface area contributed by atoms with Gasteiger partial charge in [-0.3, -0.25) is 0 Å². The third kappa shape index (κ3) is 4.19. The number of fused-ring (bicyclic) bond motifs is 11. The minimum atomic E-state index is 1.23. The quantitative estimate of drug-likeness (QED) is 0.158. The van der Waals surface area contributed by atoms with Crippen LogP contribution in [0.15, 0.2) is 206 Å². The first kappa shape index (κ1) is 32.2. The second-order valence-electron chi connectivity index (χ2n) is 16.6. The average molecular weight is 755 g/mol. The maximum Gasteiger partial charge on any atom is -0.000696 e. The topological polar surface area (TPSA) is 0 Å². The van der Waals surface area contributed by atoms with E-state index in [4.69, 9.17) is 0 Å². The number of benzene rings is 12. The van der Waals surface area contributed by atoms with E-state index in [-0.39, 0.29) is 0 Å². The molecule has 0 unspecified atom stereocenters. The lowest BCUT2D eigenvalue weighted by atomic mass is 9.80. The van der Waals surface area contributed by atoms with E-state index in [9.17, 15) is 0 Å². The first-order chi connectivity index (χ1) is 29.8. The highest BCUT2D eigenvalue weighted by atomic mass is 14.3. The average Bonchev–Trinajstić information content (AvgIpc) is 3.82. The summed E-state index contributed by atoms with van der Waals surface area (Å²) in [5, 5.41) is 15.4. The monoisotopic (exact) mass is 754 g/mol. The zero-order valence-electron chi connectivity index (χ0n) is 32.6. The van der Waals surface area contributed by atoms with Gasteiger partial charge in [0.15, 0.2) is 0 Å². The molecule has 14 rings (SSSR count). The number of hydrogen-bond acceptors (Lipinski definition) is 0. The zero-order chi connectivity index (χ0) is 39.1. The molecule has 0 amide bonds. The summed E-state index contributed by atoms with van der Waals surface area (Å²) in [5.74, 6) is 0. The molecule has 0 aromatic heterocycles. The van der Waals surface area contributed by atoms with Crippen LogP contribution in [0.5, 0.6) is 0 Å². The van der Waals surface area contributed by atoms with Crippen molar-refractivity contribution >= 4 is 64.6 Å². The van der Waals surface area contributed by atoms with E-state index in [1.165, 1.54) is 143 Å². The van der Waals surface area contributed by atoms with Gasteiger partial charge in [-0.05, 0) is 155 Å². The van der Waals surface area contributed by atoms with E-state index in [2.05, 4.69) is 206 Å². The van der Waals surface area contributed by atoms with Crippen molar-refractivity contribution in [2.75, 3.05) is 0 Å². The van der Waals surface area contributed by atoms with Crippen molar-refractivity contribution in [3.8, 4) is 77.9 Å². The summed E-state index contributed by atoms with van der Waals surface area (Å²) < 4.78 is 0. The smallest absolute Gasteiger partial charge is 0.000696 e. The van der Waals surface area contributed by atoms with E-state index in [1.807, 2.05) is 0 Å². The van der Waals surface area contributed by atoms with Gasteiger partial charge in [0, 0.05) is 0 Å². The molecule has 12 aromatic carbocycles. The summed E-state index contributed by atoms with van der Waals surface area (Å²) in [6.45, 7) is 0. The van der Waals surface area contributed by atoms with Gasteiger partial charge in [-0.1, -0.05) is 194 Å². The second kappa shape index (κ2) is 11.9. The molecule has 0 spiro atoms. The van der Waals surface area contributed by atoms with Crippen molar-refractivity contribution < 1.29 is 0 Å². The Kier molecular flexibility index (Phi) is 6.38. The van der Waals surface area contributed by atoms with Gasteiger partial charge < -0.3 is 0 Å². The van der Waals surface area contributed by atoms with Crippen LogP contribution in [-0.4, -0.2) is 0 Å². The van der Waals surface area contributed by atoms with Crippen LogP contribution in [0.2, 0.25) is 0 Å². The third-order valence-corrected chi connectivity index (χ3v) is 13.7. The summed E-state index contributed by atoms with van der Waals surface area (Å²) in [5.41, 5.74) is 18.2. The predicted octanol–water partition coefficient (Wildman–Crippen LogP) is 16.9. The molecule has 12 aromatic rings. The summed E-state index contributed by atoms with van der Waals surface area (Å²) in [6, 6.07) is 77.7. The molecule has 0 saturated heterocycles. The lowest BCUT2D eigenvalue weighted by Crippen LogP contribution is -1.96. The van der Waals surface area contributed by atoms with Gasteiger partial charge in [0.1, 0.15) is 0 Å². The Morgan fingerprint density at radius 3 is 1.38 bits per heavy atom. The molecule has 0 saturated carbocycles. The van der Waals surface area contributed by atoms with Crippen LogP contribution in [0.4, 0.5) is 0 Å². The summed E-state index contributed by atoms with van der Waals surface area (Å²) >= 11 is 0. The van der Waals surface area contributed by atoms with Crippen molar-refractivity contribution in [2.24, 2.45) is 0 Å². The van der Waals surface area contributed by atoms with E-state index >= 15 is 0 Å². The normalized spacial score (nSPS) is 12.3. The highest BCUT2D eigenvalue weighted by Gasteiger charge is 2.32. The lowest BCUT2D eigenvalue weighted by molar-refractivity contribution is 1.64. The number of rotatable bonds is 3. The van der Waals surface area contributed by atoms with Crippen LogP contribution in [-0.2, 0) is 0 Å². The van der Waals surface area contributed by atoms with E-state index in [0.29, 0.717) is 0 Å². The molecule has 60 heavy (non-hydrogen) atoms. The van der Waals surface area contributed by atoms with Gasteiger partial charge in [-0.2, -0.15) is 0 Å². The first-order valence-electron chi connectivity index (χ1n) is 21.0. The fourth-order valence-electron chi connectivity index (χ4n) is 11.3. The Hall–Kier alpha value is -7.80. The Bertz CT molecular complexity index is 3840. The van der Waals surface area contributed by atoms with Gasteiger partial charge >= 0.3 is 0 Å². The SMILES string of the molecule is c1ccc2c(c1)-c1cccc3c(-c4ccc5c(-c6cccc7ccccc67)c6c(c(-c7cccc8ccccc78)c5c4)-c4cc5ccccc5c5cccc-6c45)ccc-2c13. The molecule has 0 atom stereocenters. The molecule has 0 N–H and O–H groups in total. The van der Waals surface area contributed by atoms with Gasteiger partial charge in [0.25, 0.3) is 0 Å². The van der Waals surface area contributed by atoms with Crippen molar-refractivity contribution in [3.05, 3.63) is 206 Å². The van der Waals surface area contributed by atoms with Crippen LogP contribution >= 0.6 is 0 Å². The molecule has 0 heteroatoms. The molecule has 2 aliphatic carbocycles. The molecule has 0 aliphatic heterocycles. The molecule has 274 valence electrons. The van der Waals surface area contributed by atoms with Crippen molar-refractivity contribution in [3.63, 3.8) is 0 Å². The van der Waals surface area contributed by atoms with Gasteiger partial charge in [0.05, 0.1) is 0 Å². The first-order valence-corrected chi connectivity index (χ1v) is 21.0. The van der Waals surface area contributed by atoms with Crippen molar-refractivity contribution in [1.29, 1.82) is 0 Å². The van der Waals surface area contributed by atoms with Crippen molar-refractivity contribution in [1.82, 2.24) is 0 Å². The fraction of sp³-hybridized carbons (Fsp3) is 0. The van der Waals surface area contributed by atoms with Crippen LogP contribution in [0.1, 0.15) is 0 Å². The van der Waals surface area contributed by atoms with E-state index < -0.39 is 0 Å². The van der Waals surface area contributed by atoms with Gasteiger partial charge in [-0.25, -0.2) is 0 Å². The second-order valence-corrected chi connectivity index (χ2v) is 16.6. The van der Waals surface area contributed by atoms with Crippen molar-refractivity contribution in [2.45, 2.75) is 0 Å². The predicted molar refractivity (Wildman–Crippen MR) is 257 cm³/mol. The molecule has 0 heterocycles. The Morgan fingerprint density at radius 1 is 0.183 bits per heavy atom. The minimum absolute atomic E-state index is 1.23. The molecule has 0 radical (unpaired) electrons. The highest BCUT2D eigenvalue weighted by Crippen LogP contribution is 2.60. The summed E-state index contributed by atoms with van der Waals surface area (Å²) in [6.07, 6.45) is 0. The Balaban J connectivity index is 1.19. The van der Waals surface area contributed by atoms with Crippen LogP contribution in [0.3, 0.4) is 0 Å². The summed E-state index contributed by atoms with van der Waals surface area (Å²) in [4.78, 5) is 0. The molecular weight excluding hydrogens is 721 g/mol. The van der Waals surface area contributed by atoms with E-state index in [0.717, 1.165) is 0 Å². The fourth-order valence-corrected chi connectivity index (χ4v) is 11.3. The standard InChI is InChI=1S/C60H34/c1-4-18-39-35(13-1)16-9-23-47(39)57-51-30-29-38(42-31-32-50-44-22-8-7-21-43(44)49-27-11-25-46(42)55(49)50)33-53(51)58(48-24-10-17-36-14-2-5-19-40(36)48)60-54-34-37-15-3-6-20-41(37)45-26-12-28-52(56(45)54)59(57)60/h1-34H. The molecule has 0 bridgehead atoms. The maximum atomic E-state index is 2.52. The minimum Gasteiger partial charge on any atom is -0.0616 e. The molecular formula is C60H34. The largest absolute Gasteiger partial charge is 0.0616 e. The number of hydrogen-bond donors (Lipinski definition) is 0. The van der Waals surface area contributed by atoms with Gasteiger partial charge in [0.2, 0.25) is 0 Å². The molecule has 0 fully saturated rings. The Morgan fingerprint density at radius 2 is 0.650 bits per heavy atom. The van der Waals surface area contributed by atoms with Crippen LogP contribution < -0.4 is 0 Å². The zero-order valence-corrected chi connectivity index (χ0v) is 32.6. The van der Waals surface area contributed by atoms with Crippen LogP contribution in [0, 0.1) is 0 Å². The lowest BCUT2D eigenvalue weighted by Gasteiger charge is -2.23. The van der Waals surface area contributed by atoms with Gasteiger partial charge in [-0.15, -0.1) is 0 Å². The van der Waals surface area contributed by atoms with Crippen LogP contribution in [0.25, 0.3) is 143 Å². The highest BCUT2D eigenvalue weighted by molar-refractivity contribution is 6.33. The third-order valence-electron chi connectivity index (χ3n) is 13.7. The Labute approximate surface area is 347 Å². The van der Waals surface area contributed by atoms with E-state index in [1.54, 1.807) is 0 Å². The molecule has 0 nitrogen and oxygen atoms in total. The maximum absolute atomic E-state index is 2.52.